The van der Waals surface area contributed by atoms with E-state index in [1.165, 1.54) is 19.1 Å². The summed E-state index contributed by atoms with van der Waals surface area (Å²) in [4.78, 5) is 24.9. The van der Waals surface area contributed by atoms with Crippen LogP contribution in [0.2, 0.25) is 0 Å². The van der Waals surface area contributed by atoms with Crippen molar-refractivity contribution in [1.29, 1.82) is 0 Å². The molecule has 0 spiro atoms. The van der Waals surface area contributed by atoms with Gasteiger partial charge in [-0.2, -0.15) is 0 Å². The second-order valence-corrected chi connectivity index (χ2v) is 6.32. The van der Waals surface area contributed by atoms with E-state index < -0.39 is 46.2 Å². The summed E-state index contributed by atoms with van der Waals surface area (Å²) in [6, 6.07) is 12.0. The molecule has 0 unspecified atom stereocenters. The number of rotatable bonds is 6. The first-order chi connectivity index (χ1) is 14.7. The van der Waals surface area contributed by atoms with Crippen molar-refractivity contribution in [1.82, 2.24) is 0 Å². The lowest BCUT2D eigenvalue weighted by Crippen LogP contribution is -2.22. The predicted octanol–water partition coefficient (Wildman–Crippen LogP) is 4.92. The molecule has 0 saturated heterocycles. The van der Waals surface area contributed by atoms with Crippen molar-refractivity contribution in [3.05, 3.63) is 89.1 Å². The van der Waals surface area contributed by atoms with Gasteiger partial charge in [0.05, 0.1) is 24.1 Å². The van der Waals surface area contributed by atoms with Crippen LogP contribution >= 0.6 is 0 Å². The molecule has 0 saturated carbocycles. The van der Waals surface area contributed by atoms with E-state index in [2.05, 4.69) is 0 Å². The summed E-state index contributed by atoms with van der Waals surface area (Å²) in [7, 11) is 0. The first-order valence-corrected chi connectivity index (χ1v) is 8.98. The van der Waals surface area contributed by atoms with Crippen molar-refractivity contribution in [2.45, 2.75) is 6.92 Å². The molecule has 0 aliphatic rings. The number of nitrogens with zero attached hydrogens (tertiary/aromatic N) is 1. The normalized spacial score (nSPS) is 11.5. The Morgan fingerprint density at radius 1 is 0.968 bits per heavy atom. The van der Waals surface area contributed by atoms with Crippen molar-refractivity contribution in [3.8, 4) is 0 Å². The van der Waals surface area contributed by atoms with Gasteiger partial charge in [-0.05, 0) is 35.9 Å². The Bertz CT molecular complexity index is 1210. The van der Waals surface area contributed by atoms with E-state index in [9.17, 15) is 32.4 Å². The highest BCUT2D eigenvalue weighted by Gasteiger charge is 2.29. The van der Waals surface area contributed by atoms with Gasteiger partial charge in [-0.15, -0.1) is 0 Å². The summed E-state index contributed by atoms with van der Waals surface area (Å²) in [5.41, 5.74) is -2.03. The Balaban J connectivity index is 2.07. The molecule has 31 heavy (non-hydrogen) atoms. The number of esters is 1. The van der Waals surface area contributed by atoms with E-state index in [4.69, 9.17) is 4.74 Å². The van der Waals surface area contributed by atoms with Gasteiger partial charge in [-0.25, -0.2) is 27.4 Å². The molecular formula is C22H15F4NO4. The van der Waals surface area contributed by atoms with E-state index in [0.717, 1.165) is 10.8 Å². The molecule has 0 aliphatic carbocycles. The number of fused-ring (bicyclic) bond motifs is 1. The van der Waals surface area contributed by atoms with Gasteiger partial charge in [0.1, 0.15) is 5.57 Å². The Morgan fingerprint density at radius 3 is 2.32 bits per heavy atom. The molecule has 3 aromatic carbocycles. The van der Waals surface area contributed by atoms with E-state index in [-0.39, 0.29) is 18.4 Å². The Labute approximate surface area is 173 Å². The number of hydrogen-bond acceptors (Lipinski definition) is 5. The van der Waals surface area contributed by atoms with Gasteiger partial charge < -0.3 is 4.74 Å². The maximum absolute atomic E-state index is 14.1. The zero-order chi connectivity index (χ0) is 22.7. The van der Waals surface area contributed by atoms with Crippen molar-refractivity contribution in [2.24, 2.45) is 0 Å². The predicted molar refractivity (Wildman–Crippen MR) is 104 cm³/mol. The summed E-state index contributed by atoms with van der Waals surface area (Å²) in [6.07, 6.45) is 0.628. The summed E-state index contributed by atoms with van der Waals surface area (Å²) in [5, 5.41) is 12.4. The lowest BCUT2D eigenvalue weighted by molar-refractivity contribution is -0.138. The third-order valence-corrected chi connectivity index (χ3v) is 4.34. The number of hydrogen-bond donors (Lipinski definition) is 1. The standard InChI is InChI=1S/C22H15F4NO4/c1-2-31-22(29)16(21(28)15-10-17(23)19(25)20(26)18(15)24)11-27(30)14-8-7-12-5-3-4-6-13(12)9-14/h3-11,30H,2H2,1H3. The monoisotopic (exact) mass is 433 g/mol. The quantitative estimate of drug-likeness (QED) is 0.0688. The van der Waals surface area contributed by atoms with Gasteiger partial charge in [0, 0.05) is 0 Å². The number of Topliss-reactive ketones (excluding diaryl/α,β-unsaturated/α-hetero) is 1. The number of benzene rings is 3. The molecule has 0 radical (unpaired) electrons. The van der Waals surface area contributed by atoms with Crippen LogP contribution in [0.4, 0.5) is 23.2 Å². The number of carbonyl (C=O) groups is 2. The third-order valence-electron chi connectivity index (χ3n) is 4.34. The largest absolute Gasteiger partial charge is 0.462 e. The maximum Gasteiger partial charge on any atom is 0.343 e. The van der Waals surface area contributed by atoms with Crippen LogP contribution in [0.5, 0.6) is 0 Å². The van der Waals surface area contributed by atoms with Crippen LogP contribution in [0.1, 0.15) is 17.3 Å². The number of carbonyl (C=O) groups excluding carboxylic acids is 2. The number of ether oxygens (including phenoxy) is 1. The summed E-state index contributed by atoms with van der Waals surface area (Å²) >= 11 is 0. The zero-order valence-electron chi connectivity index (χ0n) is 16.0. The fraction of sp³-hybridized carbons (Fsp3) is 0.0909. The van der Waals surface area contributed by atoms with Gasteiger partial charge in [-0.1, -0.05) is 30.3 Å². The van der Waals surface area contributed by atoms with Gasteiger partial charge in [-0.3, -0.25) is 10.0 Å². The maximum atomic E-state index is 14.1. The van der Waals surface area contributed by atoms with Crippen molar-refractivity contribution in [2.75, 3.05) is 11.7 Å². The molecule has 0 fully saturated rings. The van der Waals surface area contributed by atoms with E-state index in [0.29, 0.717) is 11.3 Å². The van der Waals surface area contributed by atoms with Gasteiger partial charge >= 0.3 is 5.97 Å². The fourth-order valence-electron chi connectivity index (χ4n) is 2.81. The highest BCUT2D eigenvalue weighted by atomic mass is 19.2. The first kappa shape index (κ1) is 22.0. The number of ketones is 1. The van der Waals surface area contributed by atoms with E-state index in [1.807, 2.05) is 12.1 Å². The summed E-state index contributed by atoms with van der Waals surface area (Å²) in [5.74, 6) is -10.9. The molecule has 0 aliphatic heterocycles. The molecule has 9 heteroatoms. The average molecular weight is 433 g/mol. The van der Waals surface area contributed by atoms with Crippen LogP contribution in [-0.2, 0) is 9.53 Å². The van der Waals surface area contributed by atoms with Gasteiger partial charge in [0.2, 0.25) is 5.78 Å². The van der Waals surface area contributed by atoms with Crippen molar-refractivity contribution < 1.29 is 37.1 Å². The molecule has 160 valence electrons. The van der Waals surface area contributed by atoms with Gasteiger partial charge in [0.15, 0.2) is 23.3 Å². The Kier molecular flexibility index (Phi) is 6.36. The van der Waals surface area contributed by atoms with Crippen LogP contribution in [0.25, 0.3) is 10.8 Å². The number of anilines is 1. The molecule has 3 aromatic rings. The minimum atomic E-state index is -2.21. The topological polar surface area (TPSA) is 66.8 Å². The highest BCUT2D eigenvalue weighted by Crippen LogP contribution is 2.25. The lowest BCUT2D eigenvalue weighted by atomic mass is 10.0. The third kappa shape index (κ3) is 4.41. The van der Waals surface area contributed by atoms with Crippen LogP contribution in [0, 0.1) is 23.3 Å². The summed E-state index contributed by atoms with van der Waals surface area (Å²) in [6.45, 7) is 1.25. The first-order valence-electron chi connectivity index (χ1n) is 8.98. The molecule has 0 atom stereocenters. The highest BCUT2D eigenvalue weighted by molar-refractivity contribution is 6.24. The molecule has 1 N–H and O–H groups in total. The van der Waals surface area contributed by atoms with Crippen LogP contribution in [0.15, 0.2) is 60.3 Å². The minimum absolute atomic E-state index is 0.126. The molecule has 0 aromatic heterocycles. The smallest absolute Gasteiger partial charge is 0.343 e. The van der Waals surface area contributed by atoms with E-state index in [1.54, 1.807) is 18.2 Å². The Morgan fingerprint density at radius 2 is 1.65 bits per heavy atom. The molecule has 0 heterocycles. The lowest BCUT2D eigenvalue weighted by Gasteiger charge is -2.15. The van der Waals surface area contributed by atoms with Crippen LogP contribution in [0.3, 0.4) is 0 Å². The summed E-state index contributed by atoms with van der Waals surface area (Å²) < 4.78 is 59.1. The fourth-order valence-corrected chi connectivity index (χ4v) is 2.81. The van der Waals surface area contributed by atoms with Crippen molar-refractivity contribution in [3.63, 3.8) is 0 Å². The van der Waals surface area contributed by atoms with Crippen molar-refractivity contribution >= 4 is 28.2 Å². The molecule has 5 nitrogen and oxygen atoms in total. The molecule has 0 bridgehead atoms. The second kappa shape index (κ2) is 8.97. The second-order valence-electron chi connectivity index (χ2n) is 6.32. The average Bonchev–Trinajstić information content (AvgIpc) is 2.77. The minimum Gasteiger partial charge on any atom is -0.462 e. The molecular weight excluding hydrogens is 418 g/mol. The van der Waals surface area contributed by atoms with Gasteiger partial charge in [0.25, 0.3) is 0 Å². The van der Waals surface area contributed by atoms with E-state index >= 15 is 0 Å². The van der Waals surface area contributed by atoms with Crippen LogP contribution in [-0.4, -0.2) is 23.6 Å². The van der Waals surface area contributed by atoms with Crippen LogP contribution < -0.4 is 5.06 Å². The molecule has 0 amide bonds. The number of hydroxylamine groups is 1. The zero-order valence-corrected chi connectivity index (χ0v) is 16.0. The molecule has 3 rings (SSSR count). The SMILES string of the molecule is CCOC(=O)C(=CN(O)c1ccc2ccccc2c1)C(=O)c1cc(F)c(F)c(F)c1F. The number of halogens is 4. The Hall–Kier alpha value is -3.72.